The number of aromatic nitrogens is 2. The standard InChI is InChI=1S/C13H19N3O3/c1-9-7-15(8-10(2)19-9)12(17)11-6-14-16-4-3-5-18-13(11)16/h6,9-10H,3-5,7-8H2,1-2H3. The number of fused-ring (bicyclic) bond motifs is 1. The Morgan fingerprint density at radius 1 is 1.37 bits per heavy atom. The lowest BCUT2D eigenvalue weighted by molar-refractivity contribution is -0.0587. The maximum absolute atomic E-state index is 12.6. The van der Waals surface area contributed by atoms with E-state index in [1.54, 1.807) is 10.9 Å². The molecule has 0 spiro atoms. The minimum Gasteiger partial charge on any atom is -0.477 e. The number of hydrogen-bond donors (Lipinski definition) is 0. The van der Waals surface area contributed by atoms with Gasteiger partial charge in [0.1, 0.15) is 5.56 Å². The highest BCUT2D eigenvalue weighted by Crippen LogP contribution is 2.25. The molecule has 1 aromatic heterocycles. The number of carbonyl (C=O) groups is 1. The Balaban J connectivity index is 1.82. The van der Waals surface area contributed by atoms with Crippen molar-refractivity contribution in [2.24, 2.45) is 0 Å². The summed E-state index contributed by atoms with van der Waals surface area (Å²) in [5.41, 5.74) is 0.570. The molecule has 19 heavy (non-hydrogen) atoms. The molecular formula is C13H19N3O3. The monoisotopic (exact) mass is 265 g/mol. The third-order valence-electron chi connectivity index (χ3n) is 3.48. The van der Waals surface area contributed by atoms with Gasteiger partial charge in [-0.25, -0.2) is 4.68 Å². The third-order valence-corrected chi connectivity index (χ3v) is 3.48. The van der Waals surface area contributed by atoms with Crippen LogP contribution in [0.25, 0.3) is 0 Å². The predicted molar refractivity (Wildman–Crippen MR) is 68.3 cm³/mol. The van der Waals surface area contributed by atoms with Gasteiger partial charge in [0.25, 0.3) is 5.91 Å². The van der Waals surface area contributed by atoms with Crippen molar-refractivity contribution in [1.29, 1.82) is 0 Å². The number of amides is 1. The second-order valence-corrected chi connectivity index (χ2v) is 5.26. The van der Waals surface area contributed by atoms with E-state index in [1.165, 1.54) is 0 Å². The lowest BCUT2D eigenvalue weighted by Crippen LogP contribution is -2.48. The summed E-state index contributed by atoms with van der Waals surface area (Å²) in [6, 6.07) is 0. The highest BCUT2D eigenvalue weighted by atomic mass is 16.5. The second kappa shape index (κ2) is 4.85. The molecule has 0 saturated carbocycles. The molecule has 2 aliphatic heterocycles. The second-order valence-electron chi connectivity index (χ2n) is 5.26. The zero-order valence-electron chi connectivity index (χ0n) is 11.3. The molecule has 0 radical (unpaired) electrons. The van der Waals surface area contributed by atoms with Gasteiger partial charge in [-0.2, -0.15) is 5.10 Å². The minimum absolute atomic E-state index is 0.00912. The average Bonchev–Trinajstić information content (AvgIpc) is 2.80. The van der Waals surface area contributed by atoms with Crippen molar-refractivity contribution in [1.82, 2.24) is 14.7 Å². The van der Waals surface area contributed by atoms with Gasteiger partial charge < -0.3 is 14.4 Å². The summed E-state index contributed by atoms with van der Waals surface area (Å²) in [5.74, 6) is 0.605. The first-order chi connectivity index (χ1) is 9.15. The van der Waals surface area contributed by atoms with E-state index in [1.807, 2.05) is 18.7 Å². The molecule has 0 aliphatic carbocycles. The number of hydrogen-bond acceptors (Lipinski definition) is 4. The average molecular weight is 265 g/mol. The maximum atomic E-state index is 12.6. The van der Waals surface area contributed by atoms with Gasteiger partial charge in [-0.3, -0.25) is 4.79 Å². The number of morpholine rings is 1. The van der Waals surface area contributed by atoms with Crippen LogP contribution >= 0.6 is 0 Å². The number of carbonyl (C=O) groups excluding carboxylic acids is 1. The van der Waals surface area contributed by atoms with Gasteiger partial charge >= 0.3 is 0 Å². The Hall–Kier alpha value is -1.56. The van der Waals surface area contributed by atoms with Crippen LogP contribution in [0.5, 0.6) is 5.88 Å². The van der Waals surface area contributed by atoms with E-state index in [0.29, 0.717) is 31.1 Å². The van der Waals surface area contributed by atoms with E-state index in [-0.39, 0.29) is 18.1 Å². The van der Waals surface area contributed by atoms with E-state index in [4.69, 9.17) is 9.47 Å². The van der Waals surface area contributed by atoms with E-state index < -0.39 is 0 Å². The molecule has 1 fully saturated rings. The Labute approximate surface area is 112 Å². The molecule has 3 heterocycles. The van der Waals surface area contributed by atoms with Crippen molar-refractivity contribution >= 4 is 5.91 Å². The molecule has 6 heteroatoms. The summed E-state index contributed by atoms with van der Waals surface area (Å²) in [6.07, 6.45) is 2.70. The fourth-order valence-electron chi connectivity index (χ4n) is 2.73. The van der Waals surface area contributed by atoms with Crippen molar-refractivity contribution in [2.75, 3.05) is 19.7 Å². The van der Waals surface area contributed by atoms with Crippen molar-refractivity contribution < 1.29 is 14.3 Å². The van der Waals surface area contributed by atoms with Crippen LogP contribution in [0.15, 0.2) is 6.20 Å². The molecule has 2 aliphatic rings. The van der Waals surface area contributed by atoms with Crippen molar-refractivity contribution in [3.63, 3.8) is 0 Å². The molecule has 6 nitrogen and oxygen atoms in total. The molecule has 1 aromatic rings. The van der Waals surface area contributed by atoms with Gasteiger partial charge in [0, 0.05) is 26.1 Å². The van der Waals surface area contributed by atoms with Crippen molar-refractivity contribution in [2.45, 2.75) is 39.0 Å². The van der Waals surface area contributed by atoms with Crippen LogP contribution in [-0.4, -0.2) is 52.5 Å². The van der Waals surface area contributed by atoms with Crippen LogP contribution in [0.2, 0.25) is 0 Å². The molecule has 0 N–H and O–H groups in total. The molecule has 3 rings (SSSR count). The van der Waals surface area contributed by atoms with Crippen LogP contribution < -0.4 is 4.74 Å². The molecule has 0 bridgehead atoms. The van der Waals surface area contributed by atoms with Gasteiger partial charge in [0.2, 0.25) is 5.88 Å². The third kappa shape index (κ3) is 2.32. The Morgan fingerprint density at radius 3 is 2.84 bits per heavy atom. The highest BCUT2D eigenvalue weighted by Gasteiger charge is 2.30. The predicted octanol–water partition coefficient (Wildman–Crippen LogP) is 0.915. The van der Waals surface area contributed by atoms with E-state index >= 15 is 0 Å². The quantitative estimate of drug-likeness (QED) is 0.757. The Morgan fingerprint density at radius 2 is 2.11 bits per heavy atom. The molecule has 104 valence electrons. The smallest absolute Gasteiger partial charge is 0.261 e. The maximum Gasteiger partial charge on any atom is 0.261 e. The van der Waals surface area contributed by atoms with E-state index in [0.717, 1.165) is 13.0 Å². The molecule has 2 atom stereocenters. The van der Waals surface area contributed by atoms with Gasteiger partial charge in [0.05, 0.1) is 25.0 Å². The highest BCUT2D eigenvalue weighted by molar-refractivity contribution is 5.96. The summed E-state index contributed by atoms with van der Waals surface area (Å²) in [4.78, 5) is 14.4. The summed E-state index contributed by atoms with van der Waals surface area (Å²) in [5, 5.41) is 4.22. The lowest BCUT2D eigenvalue weighted by Gasteiger charge is -2.35. The summed E-state index contributed by atoms with van der Waals surface area (Å²) in [7, 11) is 0. The summed E-state index contributed by atoms with van der Waals surface area (Å²) >= 11 is 0. The van der Waals surface area contributed by atoms with Crippen LogP contribution in [0.3, 0.4) is 0 Å². The van der Waals surface area contributed by atoms with E-state index in [2.05, 4.69) is 5.10 Å². The van der Waals surface area contributed by atoms with Crippen LogP contribution in [-0.2, 0) is 11.3 Å². The van der Waals surface area contributed by atoms with Crippen LogP contribution in [0.1, 0.15) is 30.6 Å². The summed E-state index contributed by atoms with van der Waals surface area (Å²) < 4.78 is 13.0. The summed E-state index contributed by atoms with van der Waals surface area (Å²) in [6.45, 7) is 6.68. The first-order valence-electron chi connectivity index (χ1n) is 6.78. The first-order valence-corrected chi connectivity index (χ1v) is 6.78. The van der Waals surface area contributed by atoms with Crippen LogP contribution in [0, 0.1) is 0 Å². The van der Waals surface area contributed by atoms with Crippen molar-refractivity contribution in [3.05, 3.63) is 11.8 Å². The van der Waals surface area contributed by atoms with Crippen molar-refractivity contribution in [3.8, 4) is 5.88 Å². The number of rotatable bonds is 1. The zero-order chi connectivity index (χ0) is 13.4. The molecular weight excluding hydrogens is 246 g/mol. The van der Waals surface area contributed by atoms with Gasteiger partial charge in [-0.15, -0.1) is 0 Å². The fraction of sp³-hybridized carbons (Fsp3) is 0.692. The molecule has 0 aromatic carbocycles. The van der Waals surface area contributed by atoms with E-state index in [9.17, 15) is 4.79 Å². The van der Waals surface area contributed by atoms with Gasteiger partial charge in [-0.05, 0) is 13.8 Å². The SMILES string of the molecule is CC1CN(C(=O)c2cnn3c2OCCC3)CC(C)O1. The minimum atomic E-state index is -0.00912. The van der Waals surface area contributed by atoms with Gasteiger partial charge in [-0.1, -0.05) is 0 Å². The number of nitrogens with zero attached hydrogens (tertiary/aromatic N) is 3. The number of ether oxygens (including phenoxy) is 2. The molecule has 1 saturated heterocycles. The van der Waals surface area contributed by atoms with Gasteiger partial charge in [0.15, 0.2) is 0 Å². The normalized spacial score (nSPS) is 26.7. The topological polar surface area (TPSA) is 56.6 Å². The fourth-order valence-corrected chi connectivity index (χ4v) is 2.73. The lowest BCUT2D eigenvalue weighted by atomic mass is 10.2. The van der Waals surface area contributed by atoms with Crippen LogP contribution in [0.4, 0.5) is 0 Å². The Bertz CT molecular complexity index is 475. The molecule has 1 amide bonds. The zero-order valence-corrected chi connectivity index (χ0v) is 11.3. The number of aryl methyl sites for hydroxylation is 1. The largest absolute Gasteiger partial charge is 0.477 e. The Kier molecular flexibility index (Phi) is 3.18. The molecule has 2 unspecified atom stereocenters. The first kappa shape index (κ1) is 12.5.